The van der Waals surface area contributed by atoms with Crippen LogP contribution < -0.4 is 0 Å². The van der Waals surface area contributed by atoms with Crippen molar-refractivity contribution >= 4 is 17.9 Å². The zero-order valence-electron chi connectivity index (χ0n) is 52.3. The van der Waals surface area contributed by atoms with Gasteiger partial charge in [0, 0.05) is 19.3 Å². The Morgan fingerprint density at radius 3 is 0.762 bits per heavy atom. The minimum Gasteiger partial charge on any atom is -0.462 e. The van der Waals surface area contributed by atoms with Gasteiger partial charge in [-0.25, -0.2) is 0 Å². The Bertz CT molecular complexity index is 1650. The van der Waals surface area contributed by atoms with Gasteiger partial charge in [0.25, 0.3) is 0 Å². The molecule has 0 saturated carbocycles. The summed E-state index contributed by atoms with van der Waals surface area (Å²) >= 11 is 0. The fraction of sp³-hybridized carbons (Fsp3) is 0.689. The summed E-state index contributed by atoms with van der Waals surface area (Å²) in [5, 5.41) is 0. The molecule has 0 aromatic rings. The van der Waals surface area contributed by atoms with E-state index in [4.69, 9.17) is 14.2 Å². The smallest absolute Gasteiger partial charge is 0.306 e. The minimum atomic E-state index is -0.795. The van der Waals surface area contributed by atoms with Crippen LogP contribution >= 0.6 is 0 Å². The second kappa shape index (κ2) is 67.3. The zero-order valence-corrected chi connectivity index (χ0v) is 52.3. The Morgan fingerprint density at radius 1 is 0.263 bits per heavy atom. The topological polar surface area (TPSA) is 78.9 Å². The summed E-state index contributed by atoms with van der Waals surface area (Å²) in [4.78, 5) is 38.3. The Morgan fingerprint density at radius 2 is 0.487 bits per heavy atom. The summed E-state index contributed by atoms with van der Waals surface area (Å²) in [6.07, 6.45) is 93.5. The monoisotopic (exact) mass is 1110 g/mol. The molecule has 0 aliphatic carbocycles. The van der Waals surface area contributed by atoms with Gasteiger partial charge in [0.05, 0.1) is 0 Å². The summed E-state index contributed by atoms with van der Waals surface area (Å²) < 4.78 is 16.9. The highest BCUT2D eigenvalue weighted by Crippen LogP contribution is 2.16. The molecule has 0 saturated heterocycles. The highest BCUT2D eigenvalue weighted by molar-refractivity contribution is 5.71. The lowest BCUT2D eigenvalue weighted by Crippen LogP contribution is -2.30. The van der Waals surface area contributed by atoms with Gasteiger partial charge in [-0.3, -0.25) is 14.4 Å². The lowest BCUT2D eigenvalue weighted by Gasteiger charge is -2.18. The normalized spacial score (nSPS) is 12.9. The minimum absolute atomic E-state index is 0.0888. The van der Waals surface area contributed by atoms with Crippen LogP contribution in [0.2, 0.25) is 0 Å². The van der Waals surface area contributed by atoms with Gasteiger partial charge in [-0.15, -0.1) is 0 Å². The molecule has 0 aliphatic rings. The number of ether oxygens (including phenoxy) is 3. The molecule has 0 amide bonds. The number of unbranched alkanes of at least 4 members (excludes halogenated alkanes) is 29. The van der Waals surface area contributed by atoms with Crippen molar-refractivity contribution in [2.24, 2.45) is 0 Å². The molecule has 0 bridgehead atoms. The van der Waals surface area contributed by atoms with Gasteiger partial charge in [0.15, 0.2) is 6.10 Å². The van der Waals surface area contributed by atoms with E-state index in [1.54, 1.807) is 0 Å². The van der Waals surface area contributed by atoms with Crippen molar-refractivity contribution in [2.75, 3.05) is 13.2 Å². The van der Waals surface area contributed by atoms with Crippen molar-refractivity contribution in [1.29, 1.82) is 0 Å². The van der Waals surface area contributed by atoms with Crippen LogP contribution in [0.5, 0.6) is 0 Å². The third-order valence-electron chi connectivity index (χ3n) is 14.2. The first-order chi connectivity index (χ1) is 39.5. The quantitative estimate of drug-likeness (QED) is 0.0261. The van der Waals surface area contributed by atoms with E-state index < -0.39 is 6.10 Å². The first-order valence-corrected chi connectivity index (χ1v) is 33.5. The molecule has 0 fully saturated rings. The highest BCUT2D eigenvalue weighted by atomic mass is 16.6. The summed E-state index contributed by atoms with van der Waals surface area (Å²) in [6.45, 7) is 6.52. The molecule has 0 aromatic heterocycles. The maximum atomic E-state index is 12.9. The molecule has 6 heteroatoms. The average Bonchev–Trinajstić information content (AvgIpc) is 3.46. The van der Waals surface area contributed by atoms with E-state index in [1.807, 2.05) is 0 Å². The van der Waals surface area contributed by atoms with E-state index in [-0.39, 0.29) is 31.1 Å². The van der Waals surface area contributed by atoms with Crippen LogP contribution in [0.15, 0.2) is 122 Å². The van der Waals surface area contributed by atoms with Crippen LogP contribution in [0.4, 0.5) is 0 Å². The second-order valence-corrected chi connectivity index (χ2v) is 22.0. The Balaban J connectivity index is 4.36. The SMILES string of the molecule is CC/C=C\C/C=C\C/C=C\C/C=C\C/C=C\C/C=C\C/C=C\C/C=C\C/C=C\C/C=C\CCCCC(=O)OCC(COC(=O)CCCCCCCCCCCCCCCC)OC(=O)CCCCCCCCCCCCCCCCC. The molecular weight excluding hydrogens is 985 g/mol. The van der Waals surface area contributed by atoms with Gasteiger partial charge in [0.2, 0.25) is 0 Å². The second-order valence-electron chi connectivity index (χ2n) is 22.0. The number of carbonyl (C=O) groups excluding carboxylic acids is 3. The predicted octanol–water partition coefficient (Wildman–Crippen LogP) is 23.2. The molecule has 0 N–H and O–H groups in total. The Labute approximate surface area is 494 Å². The molecule has 0 rings (SSSR count). The molecule has 0 radical (unpaired) electrons. The summed E-state index contributed by atoms with van der Waals surface area (Å²) in [7, 11) is 0. The molecule has 0 spiro atoms. The van der Waals surface area contributed by atoms with Crippen LogP contribution in [-0.4, -0.2) is 37.2 Å². The van der Waals surface area contributed by atoms with E-state index in [9.17, 15) is 14.4 Å². The zero-order chi connectivity index (χ0) is 57.8. The van der Waals surface area contributed by atoms with E-state index in [0.29, 0.717) is 19.3 Å². The standard InChI is InChI=1S/C74H124O6/c1-4-7-10-13-16-19-22-25-28-29-30-31-32-33-34-35-36-37-38-39-40-41-42-43-44-45-47-49-52-55-58-61-64-67-73(76)79-70-71(69-78-72(75)66-63-60-57-54-51-48-27-24-21-18-15-12-9-6-3)80-74(77)68-65-62-59-56-53-50-46-26-23-20-17-14-11-8-5-2/h7,10,16,19,25,28,30-31,33-34,36-37,39-40,42-43,45,47,52,55,71H,4-6,8-9,11-15,17-18,20-24,26-27,29,32,35,38,41,44,46,48-51,53-54,56-70H2,1-3H3/b10-7-,19-16-,28-25-,31-30-,34-33-,37-36-,40-39-,43-42-,47-45-,55-52-. The van der Waals surface area contributed by atoms with Gasteiger partial charge in [-0.2, -0.15) is 0 Å². The van der Waals surface area contributed by atoms with Gasteiger partial charge >= 0.3 is 17.9 Å². The lowest BCUT2D eigenvalue weighted by molar-refractivity contribution is -0.167. The largest absolute Gasteiger partial charge is 0.462 e. The third-order valence-corrected chi connectivity index (χ3v) is 14.2. The van der Waals surface area contributed by atoms with Crippen LogP contribution in [0, 0.1) is 0 Å². The third kappa shape index (κ3) is 64.6. The van der Waals surface area contributed by atoms with Crippen molar-refractivity contribution < 1.29 is 28.6 Å². The number of rotatable bonds is 60. The molecular formula is C74H124O6. The van der Waals surface area contributed by atoms with E-state index in [2.05, 4.69) is 142 Å². The number of allylic oxidation sites excluding steroid dienone is 20. The summed E-state index contributed by atoms with van der Waals surface area (Å²) in [5.74, 6) is -0.924. The maximum absolute atomic E-state index is 12.9. The van der Waals surface area contributed by atoms with Crippen LogP contribution in [0.1, 0.15) is 310 Å². The van der Waals surface area contributed by atoms with Crippen molar-refractivity contribution in [3.63, 3.8) is 0 Å². The predicted molar refractivity (Wildman–Crippen MR) is 348 cm³/mol. The van der Waals surface area contributed by atoms with Gasteiger partial charge in [0.1, 0.15) is 13.2 Å². The first kappa shape index (κ1) is 75.8. The average molecular weight is 1110 g/mol. The molecule has 0 aromatic carbocycles. The van der Waals surface area contributed by atoms with Gasteiger partial charge in [-0.05, 0) is 96.3 Å². The number of hydrogen-bond donors (Lipinski definition) is 0. The van der Waals surface area contributed by atoms with Crippen LogP contribution in [0.25, 0.3) is 0 Å². The molecule has 0 aliphatic heterocycles. The molecule has 0 heterocycles. The maximum Gasteiger partial charge on any atom is 0.306 e. The molecule has 1 atom stereocenters. The van der Waals surface area contributed by atoms with Crippen molar-refractivity contribution in [2.45, 2.75) is 316 Å². The van der Waals surface area contributed by atoms with Gasteiger partial charge in [-0.1, -0.05) is 316 Å². The lowest BCUT2D eigenvalue weighted by atomic mass is 10.0. The van der Waals surface area contributed by atoms with E-state index in [0.717, 1.165) is 122 Å². The first-order valence-electron chi connectivity index (χ1n) is 33.5. The van der Waals surface area contributed by atoms with Crippen LogP contribution in [-0.2, 0) is 28.6 Å². The molecule has 456 valence electrons. The van der Waals surface area contributed by atoms with Crippen molar-refractivity contribution in [1.82, 2.24) is 0 Å². The number of esters is 3. The summed E-state index contributed by atoms with van der Waals surface area (Å²) in [6, 6.07) is 0. The van der Waals surface area contributed by atoms with Crippen molar-refractivity contribution in [3.05, 3.63) is 122 Å². The van der Waals surface area contributed by atoms with Crippen LogP contribution in [0.3, 0.4) is 0 Å². The summed E-state index contributed by atoms with van der Waals surface area (Å²) in [5.41, 5.74) is 0. The van der Waals surface area contributed by atoms with Gasteiger partial charge < -0.3 is 14.2 Å². The van der Waals surface area contributed by atoms with E-state index in [1.165, 1.54) is 148 Å². The number of hydrogen-bond acceptors (Lipinski definition) is 6. The van der Waals surface area contributed by atoms with E-state index >= 15 is 0 Å². The molecule has 1 unspecified atom stereocenters. The highest BCUT2D eigenvalue weighted by Gasteiger charge is 2.19. The molecule has 6 nitrogen and oxygen atoms in total. The fourth-order valence-corrected chi connectivity index (χ4v) is 9.24. The fourth-order valence-electron chi connectivity index (χ4n) is 9.24. The number of carbonyl (C=O) groups is 3. The Hall–Kier alpha value is -4.19. The van der Waals surface area contributed by atoms with Crippen molar-refractivity contribution in [3.8, 4) is 0 Å². The Kier molecular flexibility index (Phi) is 63.8. The molecule has 80 heavy (non-hydrogen) atoms.